The molecule has 0 fully saturated rings. The van der Waals surface area contributed by atoms with E-state index in [4.69, 9.17) is 14.2 Å². The molecule has 3 rings (SSSR count). The van der Waals surface area contributed by atoms with Crippen LogP contribution in [0.15, 0.2) is 42.5 Å². The second-order valence-corrected chi connectivity index (χ2v) is 7.01. The van der Waals surface area contributed by atoms with Gasteiger partial charge in [0.1, 0.15) is 23.1 Å². The van der Waals surface area contributed by atoms with Crippen LogP contribution in [0.25, 0.3) is 10.1 Å². The number of ether oxygens (including phenoxy) is 3. The van der Waals surface area contributed by atoms with Crippen LogP contribution in [-0.4, -0.2) is 25.2 Å². The first kappa shape index (κ1) is 19.8. The molecule has 0 saturated heterocycles. The zero-order chi connectivity index (χ0) is 20.1. The van der Waals surface area contributed by atoms with E-state index in [1.807, 2.05) is 19.1 Å². The number of hydrogen-bond acceptors (Lipinski definition) is 6. The molecule has 0 aliphatic carbocycles. The van der Waals surface area contributed by atoms with Gasteiger partial charge in [0.25, 0.3) is 0 Å². The van der Waals surface area contributed by atoms with E-state index < -0.39 is 17.8 Å². The first-order chi connectivity index (χ1) is 13.5. The molecule has 1 heterocycles. The Kier molecular flexibility index (Phi) is 6.26. The number of rotatable bonds is 7. The third-order valence-corrected chi connectivity index (χ3v) is 5.22. The lowest BCUT2D eigenvalue weighted by atomic mass is 10.1. The predicted molar refractivity (Wildman–Crippen MR) is 104 cm³/mol. The molecule has 28 heavy (non-hydrogen) atoms. The Morgan fingerprint density at radius 2 is 1.86 bits per heavy atom. The summed E-state index contributed by atoms with van der Waals surface area (Å²) in [6.45, 7) is 3.22. The van der Waals surface area contributed by atoms with Crippen LogP contribution < -0.4 is 4.74 Å². The molecule has 146 valence electrons. The van der Waals surface area contributed by atoms with Crippen LogP contribution >= 0.6 is 11.3 Å². The Labute approximate surface area is 165 Å². The van der Waals surface area contributed by atoms with Crippen molar-refractivity contribution in [3.8, 4) is 5.75 Å². The molecule has 0 saturated carbocycles. The molecule has 0 radical (unpaired) electrons. The van der Waals surface area contributed by atoms with Crippen LogP contribution in [0.5, 0.6) is 5.75 Å². The predicted octanol–water partition coefficient (Wildman–Crippen LogP) is 4.65. The number of carbonyl (C=O) groups is 2. The maximum Gasteiger partial charge on any atom is 0.348 e. The van der Waals surface area contributed by atoms with Crippen molar-refractivity contribution in [1.82, 2.24) is 0 Å². The molecular weight excluding hydrogens is 383 g/mol. The molecular formula is C21H19FO5S. The number of benzene rings is 2. The SMILES string of the molecule is CCOC(=O)c1sc2cccc(F)c2c1COC(=O)COc1ccccc1C. The van der Waals surface area contributed by atoms with Gasteiger partial charge >= 0.3 is 11.9 Å². The standard InChI is InChI=1S/C21H19FO5S/c1-3-25-21(24)20-14(19-15(22)8-6-10-17(19)28-20)11-27-18(23)12-26-16-9-5-4-7-13(16)2/h4-10H,3,11-12H2,1-2H3. The molecule has 0 aliphatic rings. The van der Waals surface area contributed by atoms with Crippen LogP contribution in [0.3, 0.4) is 0 Å². The quantitative estimate of drug-likeness (QED) is 0.539. The van der Waals surface area contributed by atoms with Gasteiger partial charge in [-0.2, -0.15) is 0 Å². The van der Waals surface area contributed by atoms with Crippen LogP contribution in [0.4, 0.5) is 4.39 Å². The topological polar surface area (TPSA) is 61.8 Å². The fourth-order valence-corrected chi connectivity index (χ4v) is 3.83. The van der Waals surface area contributed by atoms with Crippen molar-refractivity contribution < 1.29 is 28.2 Å². The van der Waals surface area contributed by atoms with E-state index in [1.54, 1.807) is 31.2 Å². The fraction of sp³-hybridized carbons (Fsp3) is 0.238. The summed E-state index contributed by atoms with van der Waals surface area (Å²) in [5.74, 6) is -1.08. The molecule has 0 spiro atoms. The molecule has 0 unspecified atom stereocenters. The van der Waals surface area contributed by atoms with Crippen molar-refractivity contribution in [3.05, 3.63) is 64.3 Å². The fourth-order valence-electron chi connectivity index (χ4n) is 2.72. The Morgan fingerprint density at radius 3 is 2.61 bits per heavy atom. The van der Waals surface area contributed by atoms with Crippen molar-refractivity contribution in [3.63, 3.8) is 0 Å². The second kappa shape index (κ2) is 8.84. The molecule has 0 atom stereocenters. The summed E-state index contributed by atoms with van der Waals surface area (Å²) >= 11 is 1.11. The Bertz CT molecular complexity index is 1010. The number of carbonyl (C=O) groups excluding carboxylic acids is 2. The Hall–Kier alpha value is -2.93. The summed E-state index contributed by atoms with van der Waals surface area (Å²) in [7, 11) is 0. The highest BCUT2D eigenvalue weighted by Gasteiger charge is 2.23. The minimum absolute atomic E-state index is 0.194. The average molecular weight is 402 g/mol. The number of thiophene rings is 1. The van der Waals surface area contributed by atoms with Gasteiger partial charge < -0.3 is 14.2 Å². The maximum absolute atomic E-state index is 14.3. The minimum atomic E-state index is -0.617. The zero-order valence-electron chi connectivity index (χ0n) is 15.5. The smallest absolute Gasteiger partial charge is 0.348 e. The zero-order valence-corrected chi connectivity index (χ0v) is 16.3. The molecule has 7 heteroatoms. The lowest BCUT2D eigenvalue weighted by Crippen LogP contribution is -2.16. The first-order valence-electron chi connectivity index (χ1n) is 8.72. The number of halogens is 1. The number of esters is 2. The molecule has 3 aromatic rings. The molecule has 0 aliphatic heterocycles. The van der Waals surface area contributed by atoms with E-state index in [9.17, 15) is 14.0 Å². The largest absolute Gasteiger partial charge is 0.482 e. The summed E-state index contributed by atoms with van der Waals surface area (Å²) in [5.41, 5.74) is 1.20. The van der Waals surface area contributed by atoms with E-state index in [0.717, 1.165) is 16.9 Å². The number of aryl methyl sites for hydroxylation is 1. The molecule has 0 amide bonds. The highest BCUT2D eigenvalue weighted by atomic mass is 32.1. The van der Waals surface area contributed by atoms with Gasteiger partial charge in [0.15, 0.2) is 6.61 Å². The molecule has 2 aromatic carbocycles. The summed E-state index contributed by atoms with van der Waals surface area (Å²) < 4.78 is 30.7. The lowest BCUT2D eigenvalue weighted by molar-refractivity contribution is -0.147. The average Bonchev–Trinajstić information content (AvgIpc) is 3.06. The summed E-state index contributed by atoms with van der Waals surface area (Å²) in [6.07, 6.45) is 0. The van der Waals surface area contributed by atoms with Gasteiger partial charge in [-0.15, -0.1) is 11.3 Å². The number of fused-ring (bicyclic) bond motifs is 1. The maximum atomic E-state index is 14.3. The van der Waals surface area contributed by atoms with Crippen molar-refractivity contribution in [2.45, 2.75) is 20.5 Å². The van der Waals surface area contributed by atoms with E-state index in [-0.39, 0.29) is 30.1 Å². The van der Waals surface area contributed by atoms with Crippen molar-refractivity contribution in [2.24, 2.45) is 0 Å². The van der Waals surface area contributed by atoms with E-state index in [2.05, 4.69) is 0 Å². The second-order valence-electron chi connectivity index (χ2n) is 5.96. The van der Waals surface area contributed by atoms with Gasteiger partial charge in [0.05, 0.1) is 6.61 Å². The molecule has 1 aromatic heterocycles. The van der Waals surface area contributed by atoms with E-state index in [1.165, 1.54) is 6.07 Å². The summed E-state index contributed by atoms with van der Waals surface area (Å²) in [6, 6.07) is 11.9. The van der Waals surface area contributed by atoms with Crippen molar-refractivity contribution >= 4 is 33.4 Å². The molecule has 5 nitrogen and oxygen atoms in total. The highest BCUT2D eigenvalue weighted by Crippen LogP contribution is 2.34. The van der Waals surface area contributed by atoms with Gasteiger partial charge in [-0.25, -0.2) is 14.0 Å². The van der Waals surface area contributed by atoms with Crippen molar-refractivity contribution in [1.29, 1.82) is 0 Å². The van der Waals surface area contributed by atoms with Crippen LogP contribution in [0.2, 0.25) is 0 Å². The monoisotopic (exact) mass is 402 g/mol. The molecule has 0 bridgehead atoms. The summed E-state index contributed by atoms with van der Waals surface area (Å²) in [5, 5.41) is 0.267. The Balaban J connectivity index is 1.75. The summed E-state index contributed by atoms with van der Waals surface area (Å²) in [4.78, 5) is 24.6. The van der Waals surface area contributed by atoms with Gasteiger partial charge in [-0.05, 0) is 37.6 Å². The van der Waals surface area contributed by atoms with Gasteiger partial charge in [-0.1, -0.05) is 24.3 Å². The number of hydrogen-bond donors (Lipinski definition) is 0. The third kappa shape index (κ3) is 4.31. The minimum Gasteiger partial charge on any atom is -0.482 e. The van der Waals surface area contributed by atoms with Crippen LogP contribution in [-0.2, 0) is 20.9 Å². The Morgan fingerprint density at radius 1 is 1.07 bits per heavy atom. The van der Waals surface area contributed by atoms with Crippen molar-refractivity contribution in [2.75, 3.05) is 13.2 Å². The van der Waals surface area contributed by atoms with E-state index in [0.29, 0.717) is 16.0 Å². The molecule has 0 N–H and O–H groups in total. The lowest BCUT2D eigenvalue weighted by Gasteiger charge is -2.10. The number of para-hydroxylation sites is 1. The van der Waals surface area contributed by atoms with Crippen LogP contribution in [0, 0.1) is 12.7 Å². The normalized spacial score (nSPS) is 10.7. The third-order valence-electron chi connectivity index (χ3n) is 4.04. The van der Waals surface area contributed by atoms with Gasteiger partial charge in [0.2, 0.25) is 0 Å². The first-order valence-corrected chi connectivity index (χ1v) is 9.54. The highest BCUT2D eigenvalue weighted by molar-refractivity contribution is 7.21. The van der Waals surface area contributed by atoms with E-state index >= 15 is 0 Å². The van der Waals surface area contributed by atoms with Gasteiger partial charge in [0, 0.05) is 15.6 Å². The van der Waals surface area contributed by atoms with Crippen LogP contribution in [0.1, 0.15) is 27.7 Å². The van der Waals surface area contributed by atoms with Gasteiger partial charge in [-0.3, -0.25) is 0 Å².